The van der Waals surface area contributed by atoms with E-state index in [0.29, 0.717) is 31.2 Å². The second-order valence-electron chi connectivity index (χ2n) is 3.84. The number of halogens is 5. The average molecular weight is 389 g/mol. The summed E-state index contributed by atoms with van der Waals surface area (Å²) in [5, 5.41) is 2.40. The van der Waals surface area contributed by atoms with Gasteiger partial charge >= 0.3 is 6.18 Å². The number of unbranched alkanes of at least 4 members (excludes halogenated alkanes) is 1. The molecule has 0 saturated heterocycles. The first kappa shape index (κ1) is 16.2. The molecule has 0 aliphatic carbocycles. The minimum absolute atomic E-state index is 0.317. The van der Waals surface area contributed by atoms with Gasteiger partial charge in [-0.15, -0.1) is 0 Å². The van der Waals surface area contributed by atoms with Crippen LogP contribution in [-0.4, -0.2) is 16.9 Å². The van der Waals surface area contributed by atoms with Gasteiger partial charge in [-0.3, -0.25) is 4.79 Å². The van der Waals surface area contributed by atoms with Crippen molar-refractivity contribution in [3.8, 4) is 0 Å². The minimum atomic E-state index is -4.59. The third-order valence-electron chi connectivity index (χ3n) is 2.38. The lowest BCUT2D eigenvalue weighted by Crippen LogP contribution is -2.26. The van der Waals surface area contributed by atoms with E-state index >= 15 is 0 Å². The number of benzene rings is 1. The molecule has 1 amide bonds. The van der Waals surface area contributed by atoms with Gasteiger partial charge in [-0.25, -0.2) is 4.39 Å². The van der Waals surface area contributed by atoms with Crippen LogP contribution in [0.2, 0.25) is 0 Å². The van der Waals surface area contributed by atoms with Crippen LogP contribution in [0.25, 0.3) is 0 Å². The van der Waals surface area contributed by atoms with E-state index in [1.165, 1.54) is 0 Å². The van der Waals surface area contributed by atoms with Crippen LogP contribution in [0.15, 0.2) is 18.2 Å². The summed E-state index contributed by atoms with van der Waals surface area (Å²) >= 11 is 2.18. The van der Waals surface area contributed by atoms with Gasteiger partial charge in [0.15, 0.2) is 0 Å². The fourth-order valence-electron chi connectivity index (χ4n) is 1.39. The van der Waals surface area contributed by atoms with Crippen molar-refractivity contribution in [3.05, 3.63) is 35.1 Å². The number of amides is 1. The molecule has 0 aliphatic heterocycles. The average Bonchev–Trinajstić information content (AvgIpc) is 2.33. The smallest absolute Gasteiger partial charge is 0.352 e. The Morgan fingerprint density at radius 2 is 1.95 bits per heavy atom. The maximum absolute atomic E-state index is 13.4. The van der Waals surface area contributed by atoms with Gasteiger partial charge in [0.1, 0.15) is 5.82 Å². The molecule has 0 atom stereocenters. The van der Waals surface area contributed by atoms with Crippen LogP contribution < -0.4 is 5.32 Å². The van der Waals surface area contributed by atoms with E-state index < -0.39 is 29.0 Å². The molecule has 0 spiro atoms. The Morgan fingerprint density at radius 3 is 2.53 bits per heavy atom. The summed E-state index contributed by atoms with van der Waals surface area (Å²) in [6.45, 7) is 0.317. The highest BCUT2D eigenvalue weighted by molar-refractivity contribution is 14.1. The van der Waals surface area contributed by atoms with Gasteiger partial charge < -0.3 is 5.32 Å². The summed E-state index contributed by atoms with van der Waals surface area (Å²) in [7, 11) is 0. The zero-order valence-electron chi connectivity index (χ0n) is 9.86. The van der Waals surface area contributed by atoms with Crippen molar-refractivity contribution in [2.75, 3.05) is 11.0 Å². The van der Waals surface area contributed by atoms with Crippen molar-refractivity contribution in [1.82, 2.24) is 5.32 Å². The summed E-state index contributed by atoms with van der Waals surface area (Å²) in [4.78, 5) is 11.6. The first-order valence-corrected chi connectivity index (χ1v) is 7.09. The highest BCUT2D eigenvalue weighted by atomic mass is 127. The molecule has 0 radical (unpaired) electrons. The Hall–Kier alpha value is -0.860. The van der Waals surface area contributed by atoms with E-state index in [2.05, 4.69) is 27.9 Å². The van der Waals surface area contributed by atoms with E-state index in [1.807, 2.05) is 0 Å². The summed E-state index contributed by atoms with van der Waals surface area (Å²) in [5.74, 6) is -1.78. The van der Waals surface area contributed by atoms with Gasteiger partial charge in [-0.1, -0.05) is 22.6 Å². The molecule has 0 heterocycles. The minimum Gasteiger partial charge on any atom is -0.352 e. The van der Waals surface area contributed by atoms with E-state index in [1.54, 1.807) is 0 Å². The number of alkyl halides is 4. The van der Waals surface area contributed by atoms with Crippen LogP contribution in [0.1, 0.15) is 28.8 Å². The second kappa shape index (κ2) is 7.06. The Labute approximate surface area is 121 Å². The van der Waals surface area contributed by atoms with E-state index in [4.69, 9.17) is 0 Å². The zero-order valence-corrected chi connectivity index (χ0v) is 12.0. The highest BCUT2D eigenvalue weighted by Gasteiger charge is 2.31. The molecule has 7 heteroatoms. The quantitative estimate of drug-likeness (QED) is 0.353. The number of hydrogen-bond donors (Lipinski definition) is 1. The van der Waals surface area contributed by atoms with E-state index in [9.17, 15) is 22.4 Å². The number of carbonyl (C=O) groups is 1. The van der Waals surface area contributed by atoms with Crippen molar-refractivity contribution in [3.63, 3.8) is 0 Å². The monoisotopic (exact) mass is 389 g/mol. The topological polar surface area (TPSA) is 29.1 Å². The predicted molar refractivity (Wildman–Crippen MR) is 71.9 cm³/mol. The maximum Gasteiger partial charge on any atom is 0.416 e. The lowest BCUT2D eigenvalue weighted by atomic mass is 10.1. The number of nitrogens with one attached hydrogen (secondary N) is 1. The normalized spacial score (nSPS) is 11.4. The molecule has 0 saturated carbocycles. The molecular weight excluding hydrogens is 377 g/mol. The van der Waals surface area contributed by atoms with Crippen molar-refractivity contribution in [2.24, 2.45) is 0 Å². The highest BCUT2D eigenvalue weighted by Crippen LogP contribution is 2.30. The molecule has 1 N–H and O–H groups in total. The van der Waals surface area contributed by atoms with E-state index in [-0.39, 0.29) is 0 Å². The standard InChI is InChI=1S/C12H12F4INO/c13-10-4-3-8(12(14,15)16)7-9(10)11(19)18-6-2-1-5-17/h3-4,7H,1-2,5-6H2,(H,18,19). The van der Waals surface area contributed by atoms with Crippen LogP contribution >= 0.6 is 22.6 Å². The van der Waals surface area contributed by atoms with Crippen molar-refractivity contribution >= 4 is 28.5 Å². The van der Waals surface area contributed by atoms with Crippen LogP contribution in [0.5, 0.6) is 0 Å². The molecular formula is C12H12F4INO. The molecule has 19 heavy (non-hydrogen) atoms. The van der Waals surface area contributed by atoms with Gasteiger partial charge in [-0.05, 0) is 35.5 Å². The lowest BCUT2D eigenvalue weighted by molar-refractivity contribution is -0.137. The van der Waals surface area contributed by atoms with Crippen LogP contribution in [0.4, 0.5) is 17.6 Å². The Kier molecular flexibility index (Phi) is 6.02. The van der Waals surface area contributed by atoms with Crippen molar-refractivity contribution < 1.29 is 22.4 Å². The van der Waals surface area contributed by atoms with Crippen molar-refractivity contribution in [2.45, 2.75) is 19.0 Å². The largest absolute Gasteiger partial charge is 0.416 e. The molecule has 0 aliphatic rings. The summed E-state index contributed by atoms with van der Waals surface area (Å²) in [6, 6.07) is 1.80. The Balaban J connectivity index is 2.78. The van der Waals surface area contributed by atoms with Crippen LogP contribution in [0.3, 0.4) is 0 Å². The number of rotatable bonds is 5. The maximum atomic E-state index is 13.4. The van der Waals surface area contributed by atoms with E-state index in [0.717, 1.165) is 10.8 Å². The second-order valence-corrected chi connectivity index (χ2v) is 4.92. The predicted octanol–water partition coefficient (Wildman–Crippen LogP) is 3.79. The third-order valence-corrected chi connectivity index (χ3v) is 3.15. The Morgan fingerprint density at radius 1 is 1.26 bits per heavy atom. The SMILES string of the molecule is O=C(NCCCCI)c1cc(C(F)(F)F)ccc1F. The first-order valence-electron chi connectivity index (χ1n) is 5.57. The summed E-state index contributed by atoms with van der Waals surface area (Å²) in [6.07, 6.45) is -3.01. The van der Waals surface area contributed by atoms with Gasteiger partial charge in [0.05, 0.1) is 11.1 Å². The molecule has 1 rings (SSSR count). The summed E-state index contributed by atoms with van der Waals surface area (Å²) in [5.41, 5.74) is -1.62. The van der Waals surface area contributed by atoms with Crippen LogP contribution in [-0.2, 0) is 6.18 Å². The van der Waals surface area contributed by atoms with Gasteiger partial charge in [0.2, 0.25) is 0 Å². The molecule has 106 valence electrons. The van der Waals surface area contributed by atoms with Gasteiger partial charge in [-0.2, -0.15) is 13.2 Å². The number of carbonyl (C=O) groups excluding carboxylic acids is 1. The van der Waals surface area contributed by atoms with Crippen LogP contribution in [0, 0.1) is 5.82 Å². The van der Waals surface area contributed by atoms with Crippen molar-refractivity contribution in [1.29, 1.82) is 0 Å². The molecule has 0 aromatic heterocycles. The first-order chi connectivity index (χ1) is 8.86. The molecule has 0 unspecified atom stereocenters. The third kappa shape index (κ3) is 4.96. The molecule has 1 aromatic carbocycles. The summed E-state index contributed by atoms with van der Waals surface area (Å²) < 4.78 is 51.7. The lowest BCUT2D eigenvalue weighted by Gasteiger charge is -2.10. The molecule has 0 bridgehead atoms. The Bertz CT molecular complexity index is 448. The molecule has 2 nitrogen and oxygen atoms in total. The van der Waals surface area contributed by atoms with Gasteiger partial charge in [0, 0.05) is 6.54 Å². The number of hydrogen-bond acceptors (Lipinski definition) is 1. The van der Waals surface area contributed by atoms with Gasteiger partial charge in [0.25, 0.3) is 5.91 Å². The zero-order chi connectivity index (χ0) is 14.5. The fraction of sp³-hybridized carbons (Fsp3) is 0.417. The molecule has 1 aromatic rings. The molecule has 0 fully saturated rings. The fourth-order valence-corrected chi connectivity index (χ4v) is 1.93.